The molecule has 0 spiro atoms. The van der Waals surface area contributed by atoms with Crippen molar-refractivity contribution in [2.75, 3.05) is 39.4 Å². The summed E-state index contributed by atoms with van der Waals surface area (Å²) < 4.78 is 11.9. The Bertz CT molecular complexity index is 464. The number of nitrogens with two attached hydrogens (primary N) is 2. The fourth-order valence-corrected chi connectivity index (χ4v) is 4.09. The van der Waals surface area contributed by atoms with Crippen LogP contribution in [0.1, 0.15) is 117 Å². The van der Waals surface area contributed by atoms with Crippen LogP contribution in [-0.2, 0) is 19.1 Å². The summed E-state index contributed by atoms with van der Waals surface area (Å²) in [7, 11) is 0. The van der Waals surface area contributed by atoms with Crippen LogP contribution < -0.4 is 22.1 Å². The zero-order chi connectivity index (χ0) is 26.7. The van der Waals surface area contributed by atoms with Crippen molar-refractivity contribution in [3.05, 3.63) is 0 Å². The minimum atomic E-state index is -1.01. The molecular formula is C28H58N4O4. The molecule has 214 valence electrons. The van der Waals surface area contributed by atoms with E-state index < -0.39 is 12.2 Å². The number of rotatable bonds is 27. The third-order valence-corrected chi connectivity index (χ3v) is 6.27. The number of nitrogens with one attached hydrogen (secondary N) is 2. The Balaban J connectivity index is 4.74. The van der Waals surface area contributed by atoms with Crippen LogP contribution in [0.3, 0.4) is 0 Å². The lowest BCUT2D eigenvalue weighted by Crippen LogP contribution is -2.53. The average Bonchev–Trinajstić information content (AvgIpc) is 2.88. The van der Waals surface area contributed by atoms with Crippen molar-refractivity contribution in [3.8, 4) is 0 Å². The fourth-order valence-electron chi connectivity index (χ4n) is 4.09. The van der Waals surface area contributed by atoms with Crippen molar-refractivity contribution in [3.63, 3.8) is 0 Å². The molecule has 0 radical (unpaired) electrons. The van der Waals surface area contributed by atoms with Crippen molar-refractivity contribution < 1.29 is 19.1 Å². The number of ether oxygens (including phenoxy) is 2. The largest absolute Gasteiger partial charge is 0.365 e. The number of hydrogen-bond donors (Lipinski definition) is 4. The van der Waals surface area contributed by atoms with Gasteiger partial charge in [-0.05, 0) is 12.8 Å². The van der Waals surface area contributed by atoms with E-state index in [1.165, 1.54) is 64.2 Å². The maximum absolute atomic E-state index is 12.9. The second kappa shape index (κ2) is 26.8. The summed E-state index contributed by atoms with van der Waals surface area (Å²) in [5.41, 5.74) is 11.1. The zero-order valence-electron chi connectivity index (χ0n) is 23.5. The van der Waals surface area contributed by atoms with Gasteiger partial charge in [-0.15, -0.1) is 0 Å². The summed E-state index contributed by atoms with van der Waals surface area (Å²) >= 11 is 0. The number of amides is 2. The number of unbranched alkanes of at least 4 members (excludes halogenated alkanes) is 14. The maximum atomic E-state index is 12.9. The third-order valence-electron chi connectivity index (χ3n) is 6.27. The first-order valence-electron chi connectivity index (χ1n) is 14.8. The van der Waals surface area contributed by atoms with E-state index in [1.54, 1.807) is 0 Å². The molecule has 2 atom stereocenters. The summed E-state index contributed by atoms with van der Waals surface area (Å²) in [5, 5.41) is 5.53. The van der Waals surface area contributed by atoms with Crippen LogP contribution in [-0.4, -0.2) is 63.4 Å². The van der Waals surface area contributed by atoms with Crippen LogP contribution in [0.15, 0.2) is 0 Å². The van der Waals surface area contributed by atoms with Crippen LogP contribution in [0.2, 0.25) is 0 Å². The average molecular weight is 515 g/mol. The lowest BCUT2D eigenvalue weighted by atomic mass is 10.1. The summed E-state index contributed by atoms with van der Waals surface area (Å²) in [6.07, 6.45) is 16.8. The van der Waals surface area contributed by atoms with Gasteiger partial charge in [0.1, 0.15) is 0 Å². The monoisotopic (exact) mass is 514 g/mol. The van der Waals surface area contributed by atoms with Gasteiger partial charge in [-0.2, -0.15) is 0 Å². The van der Waals surface area contributed by atoms with Gasteiger partial charge in [-0.3, -0.25) is 9.59 Å². The highest BCUT2D eigenvalue weighted by atomic mass is 16.5. The molecule has 0 aliphatic rings. The van der Waals surface area contributed by atoms with Crippen LogP contribution in [0.25, 0.3) is 0 Å². The number of hydrogen-bond acceptors (Lipinski definition) is 6. The summed E-state index contributed by atoms with van der Waals surface area (Å²) in [5.74, 6) is -0.715. The smallest absolute Gasteiger partial charge is 0.252 e. The van der Waals surface area contributed by atoms with E-state index in [1.807, 2.05) is 0 Å². The van der Waals surface area contributed by atoms with E-state index >= 15 is 0 Å². The number of carbonyl (C=O) groups is 2. The lowest BCUT2D eigenvalue weighted by molar-refractivity contribution is -0.157. The van der Waals surface area contributed by atoms with Crippen molar-refractivity contribution >= 4 is 11.8 Å². The Morgan fingerprint density at radius 1 is 0.556 bits per heavy atom. The SMILES string of the molecule is CCCCCCCCCCO[C@@H](C(=O)NCCN)[C@@H](OCCCCCCCCCC)C(=O)NCCN. The summed E-state index contributed by atoms with van der Waals surface area (Å²) in [6, 6.07) is 0. The first-order valence-corrected chi connectivity index (χ1v) is 14.8. The van der Waals surface area contributed by atoms with Gasteiger partial charge in [-0.25, -0.2) is 0 Å². The zero-order valence-corrected chi connectivity index (χ0v) is 23.5. The van der Waals surface area contributed by atoms with Gasteiger partial charge in [0.25, 0.3) is 11.8 Å². The Labute approximate surface area is 221 Å². The van der Waals surface area contributed by atoms with E-state index in [0.29, 0.717) is 39.4 Å². The quantitative estimate of drug-likeness (QED) is 0.122. The topological polar surface area (TPSA) is 129 Å². The van der Waals surface area contributed by atoms with Gasteiger partial charge in [0, 0.05) is 39.4 Å². The minimum absolute atomic E-state index is 0.319. The predicted octanol–water partition coefficient (Wildman–Crippen LogP) is 4.19. The molecule has 0 aromatic heterocycles. The van der Waals surface area contributed by atoms with Crippen molar-refractivity contribution in [2.45, 2.75) is 129 Å². The molecule has 0 aromatic rings. The molecule has 0 saturated heterocycles. The molecule has 0 aromatic carbocycles. The minimum Gasteiger partial charge on any atom is -0.365 e. The van der Waals surface area contributed by atoms with Crippen LogP contribution in [0.5, 0.6) is 0 Å². The fraction of sp³-hybridized carbons (Fsp3) is 0.929. The Hall–Kier alpha value is -1.22. The molecular weight excluding hydrogens is 456 g/mol. The molecule has 8 nitrogen and oxygen atoms in total. The van der Waals surface area contributed by atoms with E-state index in [9.17, 15) is 9.59 Å². The Morgan fingerprint density at radius 2 is 0.861 bits per heavy atom. The van der Waals surface area contributed by atoms with E-state index in [4.69, 9.17) is 20.9 Å². The molecule has 0 heterocycles. The molecule has 6 N–H and O–H groups in total. The molecule has 0 aliphatic heterocycles. The maximum Gasteiger partial charge on any atom is 0.252 e. The predicted molar refractivity (Wildman–Crippen MR) is 149 cm³/mol. The standard InChI is InChI=1S/C28H58N4O4/c1-3-5-7-9-11-13-15-17-23-35-25(27(33)31-21-19-29)26(28(34)32-22-20-30)36-24-18-16-14-12-10-8-6-4-2/h25-26H,3-24,29-30H2,1-2H3,(H,31,33)(H,32,34)/t25-,26-/m1/s1. The molecule has 0 rings (SSSR count). The second-order valence-electron chi connectivity index (χ2n) is 9.69. The highest BCUT2D eigenvalue weighted by Gasteiger charge is 2.35. The highest BCUT2D eigenvalue weighted by molar-refractivity contribution is 5.91. The normalized spacial score (nSPS) is 12.9. The number of carbonyl (C=O) groups excluding carboxylic acids is 2. The molecule has 0 aliphatic carbocycles. The van der Waals surface area contributed by atoms with Crippen molar-refractivity contribution in [1.82, 2.24) is 10.6 Å². The molecule has 0 saturated carbocycles. The van der Waals surface area contributed by atoms with Gasteiger partial charge in [0.2, 0.25) is 0 Å². The van der Waals surface area contributed by atoms with Crippen LogP contribution in [0, 0.1) is 0 Å². The summed E-state index contributed by atoms with van der Waals surface area (Å²) in [6.45, 7) is 6.56. The molecule has 36 heavy (non-hydrogen) atoms. The summed E-state index contributed by atoms with van der Waals surface area (Å²) in [4.78, 5) is 25.7. The van der Waals surface area contributed by atoms with E-state index in [0.717, 1.165) is 38.5 Å². The Kier molecular flexibility index (Phi) is 25.9. The molecule has 0 bridgehead atoms. The molecule has 8 heteroatoms. The van der Waals surface area contributed by atoms with Gasteiger partial charge >= 0.3 is 0 Å². The van der Waals surface area contributed by atoms with Crippen molar-refractivity contribution in [2.24, 2.45) is 11.5 Å². The van der Waals surface area contributed by atoms with Gasteiger partial charge < -0.3 is 31.6 Å². The lowest BCUT2D eigenvalue weighted by Gasteiger charge is -2.26. The first-order chi connectivity index (χ1) is 17.6. The molecule has 2 amide bonds. The molecule has 0 fully saturated rings. The van der Waals surface area contributed by atoms with Gasteiger partial charge in [0.15, 0.2) is 12.2 Å². The van der Waals surface area contributed by atoms with Crippen LogP contribution in [0.4, 0.5) is 0 Å². The van der Waals surface area contributed by atoms with E-state index in [2.05, 4.69) is 24.5 Å². The van der Waals surface area contributed by atoms with Gasteiger partial charge in [0.05, 0.1) is 0 Å². The highest BCUT2D eigenvalue weighted by Crippen LogP contribution is 2.13. The van der Waals surface area contributed by atoms with Crippen LogP contribution >= 0.6 is 0 Å². The second-order valence-corrected chi connectivity index (χ2v) is 9.69. The first kappa shape index (κ1) is 34.8. The third kappa shape index (κ3) is 19.9. The molecule has 0 unspecified atom stereocenters. The van der Waals surface area contributed by atoms with Crippen molar-refractivity contribution in [1.29, 1.82) is 0 Å². The Morgan fingerprint density at radius 3 is 1.17 bits per heavy atom. The van der Waals surface area contributed by atoms with Gasteiger partial charge in [-0.1, -0.05) is 104 Å². The van der Waals surface area contributed by atoms with E-state index in [-0.39, 0.29) is 11.8 Å².